The minimum Gasteiger partial charge on any atom is -0.469 e. The summed E-state index contributed by atoms with van der Waals surface area (Å²) in [6.45, 7) is 0. The summed E-state index contributed by atoms with van der Waals surface area (Å²) in [5.41, 5.74) is 3.21. The van der Waals surface area contributed by atoms with Crippen LogP contribution in [0.5, 0.6) is 0 Å². The number of nitrogens with zero attached hydrogens (tertiary/aromatic N) is 1. The van der Waals surface area contributed by atoms with Crippen LogP contribution in [0.2, 0.25) is 0 Å². The standard InChI is InChI=1S/C29H29N3O4/c1-36-26(33)16-10-4-9-15-24(32-29(35)21-13-7-3-8-14-21)28-30-23-18-17-22(19-25(23)31-28)27(34)20-11-5-2-6-12-20/h2-3,5-8,11-14,17-19,24H,4,9-10,15-16H2,1H3,(H,30,31)(H,32,35)/t24-/m0/s1. The molecule has 0 bridgehead atoms. The van der Waals surface area contributed by atoms with Crippen molar-refractivity contribution in [2.75, 3.05) is 7.11 Å². The minimum atomic E-state index is -0.350. The van der Waals surface area contributed by atoms with E-state index in [0.717, 1.165) is 30.3 Å². The number of fused-ring (bicyclic) bond motifs is 1. The van der Waals surface area contributed by atoms with Crippen molar-refractivity contribution in [1.82, 2.24) is 15.3 Å². The maximum absolute atomic E-state index is 12.9. The van der Waals surface area contributed by atoms with Gasteiger partial charge in [0.25, 0.3) is 5.91 Å². The number of amides is 1. The first-order valence-corrected chi connectivity index (χ1v) is 12.1. The Morgan fingerprint density at radius 1 is 0.861 bits per heavy atom. The van der Waals surface area contributed by atoms with Crippen LogP contribution in [0.4, 0.5) is 0 Å². The Balaban J connectivity index is 1.53. The second-order valence-corrected chi connectivity index (χ2v) is 8.62. The Morgan fingerprint density at radius 2 is 1.56 bits per heavy atom. The van der Waals surface area contributed by atoms with Gasteiger partial charge in [-0.3, -0.25) is 14.4 Å². The summed E-state index contributed by atoms with van der Waals surface area (Å²) in [5, 5.41) is 3.09. The first kappa shape index (κ1) is 24.9. The summed E-state index contributed by atoms with van der Waals surface area (Å²) in [5.74, 6) is 0.164. The molecule has 1 aromatic heterocycles. The number of imidazole rings is 1. The van der Waals surface area contributed by atoms with Gasteiger partial charge in [-0.15, -0.1) is 0 Å². The zero-order valence-corrected chi connectivity index (χ0v) is 20.2. The lowest BCUT2D eigenvalue weighted by atomic mass is 10.0. The number of unbranched alkanes of at least 4 members (excludes halogenated alkanes) is 2. The molecule has 7 heteroatoms. The Hall–Kier alpha value is -4.26. The molecule has 1 atom stereocenters. The van der Waals surface area contributed by atoms with Gasteiger partial charge in [-0.05, 0) is 43.2 Å². The van der Waals surface area contributed by atoms with Crippen LogP contribution in [-0.2, 0) is 9.53 Å². The van der Waals surface area contributed by atoms with Crippen molar-refractivity contribution in [3.05, 3.63) is 101 Å². The van der Waals surface area contributed by atoms with E-state index in [4.69, 9.17) is 9.72 Å². The van der Waals surface area contributed by atoms with Crippen molar-refractivity contribution in [2.45, 2.75) is 38.1 Å². The second kappa shape index (κ2) is 11.9. The summed E-state index contributed by atoms with van der Waals surface area (Å²) >= 11 is 0. The number of benzene rings is 3. The number of hydrogen-bond acceptors (Lipinski definition) is 5. The predicted molar refractivity (Wildman–Crippen MR) is 138 cm³/mol. The van der Waals surface area contributed by atoms with E-state index in [1.807, 2.05) is 42.5 Å². The highest BCUT2D eigenvalue weighted by Gasteiger charge is 2.20. The summed E-state index contributed by atoms with van der Waals surface area (Å²) in [4.78, 5) is 45.2. The molecule has 7 nitrogen and oxygen atoms in total. The molecule has 3 aromatic carbocycles. The number of carbonyl (C=O) groups excluding carboxylic acids is 3. The molecule has 1 heterocycles. The summed E-state index contributed by atoms with van der Waals surface area (Å²) in [6, 6.07) is 23.2. The topological polar surface area (TPSA) is 101 Å². The Labute approximate surface area is 209 Å². The minimum absolute atomic E-state index is 0.0619. The van der Waals surface area contributed by atoms with Gasteiger partial charge in [0.15, 0.2) is 5.78 Å². The zero-order chi connectivity index (χ0) is 25.3. The first-order valence-electron chi connectivity index (χ1n) is 12.1. The number of carbonyl (C=O) groups is 3. The molecular weight excluding hydrogens is 454 g/mol. The highest BCUT2D eigenvalue weighted by molar-refractivity contribution is 6.10. The molecule has 0 saturated carbocycles. The predicted octanol–water partition coefficient (Wildman–Crippen LogP) is 5.39. The Kier molecular flexibility index (Phi) is 8.24. The molecule has 4 aromatic rings. The van der Waals surface area contributed by atoms with Crippen molar-refractivity contribution in [3.63, 3.8) is 0 Å². The van der Waals surface area contributed by atoms with Crippen molar-refractivity contribution in [2.24, 2.45) is 0 Å². The maximum atomic E-state index is 12.9. The Bertz CT molecular complexity index is 1330. The zero-order valence-electron chi connectivity index (χ0n) is 20.2. The Morgan fingerprint density at radius 3 is 2.25 bits per heavy atom. The number of esters is 1. The lowest BCUT2D eigenvalue weighted by molar-refractivity contribution is -0.140. The van der Waals surface area contributed by atoms with Gasteiger partial charge in [0, 0.05) is 23.1 Å². The van der Waals surface area contributed by atoms with E-state index in [-0.39, 0.29) is 23.7 Å². The van der Waals surface area contributed by atoms with Crippen LogP contribution in [-0.4, -0.2) is 34.7 Å². The molecular formula is C29H29N3O4. The third-order valence-corrected chi connectivity index (χ3v) is 6.07. The van der Waals surface area contributed by atoms with Gasteiger partial charge in [-0.2, -0.15) is 0 Å². The number of ketones is 1. The van der Waals surface area contributed by atoms with Crippen molar-refractivity contribution < 1.29 is 19.1 Å². The van der Waals surface area contributed by atoms with Gasteiger partial charge in [-0.1, -0.05) is 61.4 Å². The van der Waals surface area contributed by atoms with Crippen LogP contribution in [0.25, 0.3) is 11.0 Å². The molecule has 0 saturated heterocycles. The van der Waals surface area contributed by atoms with E-state index < -0.39 is 0 Å². The maximum Gasteiger partial charge on any atom is 0.305 e. The van der Waals surface area contributed by atoms with Crippen molar-refractivity contribution in [1.29, 1.82) is 0 Å². The number of H-pyrrole nitrogens is 1. The van der Waals surface area contributed by atoms with Crippen molar-refractivity contribution >= 4 is 28.7 Å². The van der Waals surface area contributed by atoms with Crippen LogP contribution in [0, 0.1) is 0 Å². The van der Waals surface area contributed by atoms with Crippen LogP contribution < -0.4 is 5.32 Å². The number of methoxy groups -OCH3 is 1. The van der Waals surface area contributed by atoms with Gasteiger partial charge in [-0.25, -0.2) is 4.98 Å². The van der Waals surface area contributed by atoms with E-state index >= 15 is 0 Å². The molecule has 0 aliphatic heterocycles. The molecule has 0 aliphatic carbocycles. The average molecular weight is 484 g/mol. The lowest BCUT2D eigenvalue weighted by Gasteiger charge is -2.17. The number of aromatic nitrogens is 2. The lowest BCUT2D eigenvalue weighted by Crippen LogP contribution is -2.29. The SMILES string of the molecule is COC(=O)CCCCC[C@H](NC(=O)c1ccccc1)c1nc2ccc(C(=O)c3ccccc3)cc2[nH]1. The molecule has 0 radical (unpaired) electrons. The highest BCUT2D eigenvalue weighted by Crippen LogP contribution is 2.23. The molecule has 0 unspecified atom stereocenters. The second-order valence-electron chi connectivity index (χ2n) is 8.62. The van der Waals surface area contributed by atoms with Gasteiger partial charge >= 0.3 is 5.97 Å². The molecule has 2 N–H and O–H groups in total. The smallest absolute Gasteiger partial charge is 0.305 e. The van der Waals surface area contributed by atoms with Crippen LogP contribution in [0.15, 0.2) is 78.9 Å². The summed E-state index contributed by atoms with van der Waals surface area (Å²) in [6.07, 6.45) is 3.36. The summed E-state index contributed by atoms with van der Waals surface area (Å²) < 4.78 is 4.70. The third-order valence-electron chi connectivity index (χ3n) is 6.07. The quantitative estimate of drug-likeness (QED) is 0.169. The van der Waals surface area contributed by atoms with Crippen LogP contribution in [0.1, 0.15) is 70.2 Å². The van der Waals surface area contributed by atoms with E-state index in [9.17, 15) is 14.4 Å². The number of nitrogens with one attached hydrogen (secondary N) is 2. The number of ether oxygens (including phenoxy) is 1. The molecule has 0 aliphatic rings. The molecule has 1 amide bonds. The molecule has 36 heavy (non-hydrogen) atoms. The summed E-state index contributed by atoms with van der Waals surface area (Å²) in [7, 11) is 1.39. The van der Waals surface area contributed by atoms with E-state index in [1.165, 1.54) is 7.11 Å². The fraction of sp³-hybridized carbons (Fsp3) is 0.241. The van der Waals surface area contributed by atoms with Gasteiger partial charge in [0.1, 0.15) is 5.82 Å². The molecule has 0 fully saturated rings. The largest absolute Gasteiger partial charge is 0.469 e. The monoisotopic (exact) mass is 483 g/mol. The van der Waals surface area contributed by atoms with E-state index in [0.29, 0.717) is 35.4 Å². The first-order chi connectivity index (χ1) is 17.5. The van der Waals surface area contributed by atoms with Gasteiger partial charge < -0.3 is 15.0 Å². The van der Waals surface area contributed by atoms with Crippen LogP contribution in [0.3, 0.4) is 0 Å². The van der Waals surface area contributed by atoms with Crippen LogP contribution >= 0.6 is 0 Å². The van der Waals surface area contributed by atoms with Crippen molar-refractivity contribution in [3.8, 4) is 0 Å². The number of hydrogen-bond donors (Lipinski definition) is 2. The molecule has 4 rings (SSSR count). The highest BCUT2D eigenvalue weighted by atomic mass is 16.5. The van der Waals surface area contributed by atoms with Gasteiger partial charge in [0.05, 0.1) is 24.2 Å². The number of aromatic amines is 1. The molecule has 0 spiro atoms. The van der Waals surface area contributed by atoms with Gasteiger partial charge in [0.2, 0.25) is 0 Å². The fourth-order valence-corrected chi connectivity index (χ4v) is 4.10. The normalized spacial score (nSPS) is 11.7. The number of rotatable bonds is 11. The average Bonchev–Trinajstić information content (AvgIpc) is 3.36. The third kappa shape index (κ3) is 6.24. The fourth-order valence-electron chi connectivity index (χ4n) is 4.10. The van der Waals surface area contributed by atoms with E-state index in [2.05, 4.69) is 10.3 Å². The van der Waals surface area contributed by atoms with E-state index in [1.54, 1.807) is 36.4 Å². The molecule has 184 valence electrons.